The van der Waals surface area contributed by atoms with E-state index < -0.39 is 0 Å². The summed E-state index contributed by atoms with van der Waals surface area (Å²) in [6.45, 7) is 2.93. The Kier molecular flexibility index (Phi) is 4.83. The van der Waals surface area contributed by atoms with Crippen molar-refractivity contribution in [2.45, 2.75) is 12.6 Å². The zero-order valence-corrected chi connectivity index (χ0v) is 13.4. The lowest BCUT2D eigenvalue weighted by Gasteiger charge is -2.32. The third kappa shape index (κ3) is 4.03. The van der Waals surface area contributed by atoms with E-state index in [1.165, 1.54) is 12.3 Å². The minimum Gasteiger partial charge on any atom is -0.369 e. The zero-order valence-electron chi connectivity index (χ0n) is 13.4. The number of nitrogens with zero attached hydrogens (tertiary/aromatic N) is 4. The van der Waals surface area contributed by atoms with Crippen LogP contribution in [0.3, 0.4) is 0 Å². The van der Waals surface area contributed by atoms with E-state index in [4.69, 9.17) is 4.74 Å². The molecule has 1 saturated heterocycles. The summed E-state index contributed by atoms with van der Waals surface area (Å²) in [5.41, 5.74) is 1.80. The summed E-state index contributed by atoms with van der Waals surface area (Å²) >= 11 is 0. The lowest BCUT2D eigenvalue weighted by molar-refractivity contribution is -0.0353. The van der Waals surface area contributed by atoms with Crippen molar-refractivity contribution in [2.24, 2.45) is 0 Å². The average Bonchev–Trinajstić information content (AvgIpc) is 2.57. The van der Waals surface area contributed by atoms with Crippen LogP contribution in [0.4, 0.5) is 10.2 Å². The van der Waals surface area contributed by atoms with Crippen LogP contribution >= 0.6 is 0 Å². The van der Waals surface area contributed by atoms with Gasteiger partial charge in [-0.3, -0.25) is 9.88 Å². The minimum atomic E-state index is -0.307. The van der Waals surface area contributed by atoms with Crippen LogP contribution in [0.25, 0.3) is 0 Å². The van der Waals surface area contributed by atoms with Crippen molar-refractivity contribution in [1.82, 2.24) is 14.9 Å². The first-order valence-electron chi connectivity index (χ1n) is 7.70. The lowest BCUT2D eigenvalue weighted by Crippen LogP contribution is -2.38. The van der Waals surface area contributed by atoms with Gasteiger partial charge in [0.2, 0.25) is 0 Å². The normalized spacial score (nSPS) is 18.8. The van der Waals surface area contributed by atoms with Gasteiger partial charge in [0, 0.05) is 33.7 Å². The van der Waals surface area contributed by atoms with E-state index in [-0.39, 0.29) is 11.9 Å². The molecule has 0 saturated carbocycles. The van der Waals surface area contributed by atoms with E-state index in [0.29, 0.717) is 13.2 Å². The highest BCUT2D eigenvalue weighted by Gasteiger charge is 2.23. The molecule has 0 aliphatic carbocycles. The second-order valence-corrected chi connectivity index (χ2v) is 5.88. The molecule has 3 heterocycles. The topological polar surface area (TPSA) is 41.5 Å². The highest BCUT2D eigenvalue weighted by molar-refractivity contribution is 5.37. The average molecular weight is 316 g/mol. The molecule has 1 aliphatic rings. The molecule has 6 heteroatoms. The van der Waals surface area contributed by atoms with E-state index in [1.807, 2.05) is 37.2 Å². The van der Waals surface area contributed by atoms with Crippen LogP contribution in [0.5, 0.6) is 0 Å². The molecule has 0 radical (unpaired) electrons. The highest BCUT2D eigenvalue weighted by atomic mass is 19.1. The molecule has 23 heavy (non-hydrogen) atoms. The number of anilines is 1. The maximum absolute atomic E-state index is 12.9. The van der Waals surface area contributed by atoms with Crippen LogP contribution < -0.4 is 4.90 Å². The molecule has 5 nitrogen and oxygen atoms in total. The predicted octanol–water partition coefficient (Wildman–Crippen LogP) is 2.26. The third-order valence-electron chi connectivity index (χ3n) is 3.87. The lowest BCUT2D eigenvalue weighted by atomic mass is 10.1. The van der Waals surface area contributed by atoms with Gasteiger partial charge in [-0.25, -0.2) is 9.37 Å². The first-order valence-corrected chi connectivity index (χ1v) is 7.70. The summed E-state index contributed by atoms with van der Waals surface area (Å²) in [7, 11) is 3.95. The Morgan fingerprint density at radius 3 is 2.91 bits per heavy atom. The Morgan fingerprint density at radius 1 is 1.30 bits per heavy atom. The smallest absolute Gasteiger partial charge is 0.141 e. The quantitative estimate of drug-likeness (QED) is 0.865. The van der Waals surface area contributed by atoms with Gasteiger partial charge in [-0.05, 0) is 24.3 Å². The minimum absolute atomic E-state index is 0.0518. The molecular weight excluding hydrogens is 295 g/mol. The molecule has 0 amide bonds. The summed E-state index contributed by atoms with van der Waals surface area (Å²) in [6.07, 6.45) is 1.21. The van der Waals surface area contributed by atoms with E-state index in [2.05, 4.69) is 14.9 Å². The zero-order chi connectivity index (χ0) is 16.2. The van der Waals surface area contributed by atoms with Crippen LogP contribution in [0, 0.1) is 5.82 Å². The summed E-state index contributed by atoms with van der Waals surface area (Å²) < 4.78 is 18.8. The Labute approximate surface area is 135 Å². The fourth-order valence-electron chi connectivity index (χ4n) is 2.62. The van der Waals surface area contributed by atoms with Gasteiger partial charge in [-0.1, -0.05) is 6.07 Å². The van der Waals surface area contributed by atoms with Gasteiger partial charge >= 0.3 is 0 Å². The predicted molar refractivity (Wildman–Crippen MR) is 86.7 cm³/mol. The van der Waals surface area contributed by atoms with E-state index in [0.717, 1.165) is 30.3 Å². The van der Waals surface area contributed by atoms with Crippen molar-refractivity contribution in [3.8, 4) is 0 Å². The van der Waals surface area contributed by atoms with Gasteiger partial charge in [-0.15, -0.1) is 0 Å². The van der Waals surface area contributed by atoms with Crippen molar-refractivity contribution in [2.75, 3.05) is 38.7 Å². The first kappa shape index (κ1) is 15.8. The molecular formula is C17H21FN4O. The maximum atomic E-state index is 12.9. The van der Waals surface area contributed by atoms with Gasteiger partial charge in [-0.2, -0.15) is 0 Å². The van der Waals surface area contributed by atoms with Gasteiger partial charge < -0.3 is 9.64 Å². The SMILES string of the molecule is CN(C)c1cccc([C@@H]2CN(Cc3ccc(F)cn3)CCO2)n1. The number of aromatic nitrogens is 2. The third-order valence-corrected chi connectivity index (χ3v) is 3.87. The van der Waals surface area contributed by atoms with Gasteiger partial charge in [0.15, 0.2) is 0 Å². The molecule has 3 rings (SSSR count). The summed E-state index contributed by atoms with van der Waals surface area (Å²) in [4.78, 5) is 13.0. The first-order chi connectivity index (χ1) is 11.1. The van der Waals surface area contributed by atoms with Crippen LogP contribution in [0.15, 0.2) is 36.5 Å². The number of hydrogen-bond acceptors (Lipinski definition) is 5. The van der Waals surface area contributed by atoms with Crippen molar-refractivity contribution in [3.05, 3.63) is 53.7 Å². The van der Waals surface area contributed by atoms with Crippen LogP contribution in [0.1, 0.15) is 17.5 Å². The summed E-state index contributed by atoms with van der Waals surface area (Å²) in [5.74, 6) is 0.613. The fourth-order valence-corrected chi connectivity index (χ4v) is 2.62. The molecule has 1 atom stereocenters. The number of morpholine rings is 1. The standard InChI is InChI=1S/C17H21FN4O/c1-21(2)17-5-3-4-15(20-17)16-12-22(8-9-23-16)11-14-7-6-13(18)10-19-14/h3-7,10,16H,8-9,11-12H2,1-2H3/t16-/m0/s1. The van der Waals surface area contributed by atoms with E-state index in [1.54, 1.807) is 6.07 Å². The number of pyridine rings is 2. The van der Waals surface area contributed by atoms with Crippen LogP contribution in [0.2, 0.25) is 0 Å². The van der Waals surface area contributed by atoms with Crippen LogP contribution in [-0.2, 0) is 11.3 Å². The Bertz CT molecular complexity index is 647. The Morgan fingerprint density at radius 2 is 2.17 bits per heavy atom. The monoisotopic (exact) mass is 316 g/mol. The molecule has 0 spiro atoms. The van der Waals surface area contributed by atoms with Gasteiger partial charge in [0.05, 0.1) is 24.2 Å². The fraction of sp³-hybridized carbons (Fsp3) is 0.412. The van der Waals surface area contributed by atoms with Crippen molar-refractivity contribution < 1.29 is 9.13 Å². The summed E-state index contributed by atoms with van der Waals surface area (Å²) in [6, 6.07) is 9.15. The molecule has 1 fully saturated rings. The van der Waals surface area contributed by atoms with E-state index in [9.17, 15) is 4.39 Å². The van der Waals surface area contributed by atoms with Crippen molar-refractivity contribution in [3.63, 3.8) is 0 Å². The number of hydrogen-bond donors (Lipinski definition) is 0. The largest absolute Gasteiger partial charge is 0.369 e. The van der Waals surface area contributed by atoms with Gasteiger partial charge in [0.25, 0.3) is 0 Å². The molecule has 2 aromatic rings. The summed E-state index contributed by atoms with van der Waals surface area (Å²) in [5, 5.41) is 0. The molecule has 122 valence electrons. The van der Waals surface area contributed by atoms with Crippen molar-refractivity contribution >= 4 is 5.82 Å². The molecule has 0 aromatic carbocycles. The Hall–Kier alpha value is -2.05. The second-order valence-electron chi connectivity index (χ2n) is 5.88. The molecule has 0 N–H and O–H groups in total. The highest BCUT2D eigenvalue weighted by Crippen LogP contribution is 2.23. The molecule has 1 aliphatic heterocycles. The molecule has 2 aromatic heterocycles. The van der Waals surface area contributed by atoms with Crippen molar-refractivity contribution in [1.29, 1.82) is 0 Å². The number of halogens is 1. The maximum Gasteiger partial charge on any atom is 0.141 e. The second kappa shape index (κ2) is 7.02. The number of ether oxygens (including phenoxy) is 1. The van der Waals surface area contributed by atoms with Gasteiger partial charge in [0.1, 0.15) is 17.7 Å². The molecule has 0 bridgehead atoms. The Balaban J connectivity index is 1.68. The van der Waals surface area contributed by atoms with Crippen LogP contribution in [-0.4, -0.2) is 48.7 Å². The van der Waals surface area contributed by atoms with E-state index >= 15 is 0 Å². The number of rotatable bonds is 4. The molecule has 0 unspecified atom stereocenters.